The number of rotatable bonds is 11. The van der Waals surface area contributed by atoms with Gasteiger partial charge in [-0.1, -0.05) is 6.07 Å². The molecule has 16 atom stereocenters. The molecule has 3 saturated heterocycles. The number of esters is 1. The highest BCUT2D eigenvalue weighted by Gasteiger charge is 2.77. The Morgan fingerprint density at radius 2 is 1.59 bits per heavy atom. The molecule has 17 heteroatoms. The van der Waals surface area contributed by atoms with Crippen LogP contribution >= 0.6 is 0 Å². The molecular weight excluding hydrogens is 656 g/mol. The first-order chi connectivity index (χ1) is 23.5. The van der Waals surface area contributed by atoms with Crippen LogP contribution in [0.15, 0.2) is 36.6 Å². The van der Waals surface area contributed by atoms with Crippen molar-refractivity contribution >= 4 is 12.0 Å². The van der Waals surface area contributed by atoms with E-state index in [4.69, 9.17) is 42.6 Å². The number of ether oxygens (including phenoxy) is 9. The van der Waals surface area contributed by atoms with Crippen LogP contribution < -0.4 is 9.47 Å². The van der Waals surface area contributed by atoms with Gasteiger partial charge >= 0.3 is 5.97 Å². The number of hydrogen-bond acceptors (Lipinski definition) is 17. The summed E-state index contributed by atoms with van der Waals surface area (Å²) in [6.45, 7) is 0.406. The molecule has 0 amide bonds. The Morgan fingerprint density at radius 1 is 0.878 bits per heavy atom. The Bertz CT molecular complexity index is 1390. The van der Waals surface area contributed by atoms with Gasteiger partial charge in [-0.2, -0.15) is 0 Å². The second-order valence-electron chi connectivity index (χ2n) is 12.6. The van der Waals surface area contributed by atoms with E-state index in [0.29, 0.717) is 17.1 Å². The van der Waals surface area contributed by atoms with E-state index in [1.54, 1.807) is 31.2 Å². The van der Waals surface area contributed by atoms with Crippen LogP contribution in [0.4, 0.5) is 0 Å². The Kier molecular flexibility index (Phi) is 10.5. The van der Waals surface area contributed by atoms with Crippen LogP contribution in [0.2, 0.25) is 0 Å². The van der Waals surface area contributed by atoms with E-state index < -0.39 is 117 Å². The van der Waals surface area contributed by atoms with Gasteiger partial charge in [0.25, 0.3) is 0 Å². The van der Waals surface area contributed by atoms with Gasteiger partial charge in [-0.25, -0.2) is 4.79 Å². The Morgan fingerprint density at radius 3 is 2.29 bits per heavy atom. The van der Waals surface area contributed by atoms with Crippen LogP contribution in [0.3, 0.4) is 0 Å². The summed E-state index contributed by atoms with van der Waals surface area (Å²) >= 11 is 0. The second kappa shape index (κ2) is 14.4. The molecule has 17 nitrogen and oxygen atoms in total. The van der Waals surface area contributed by atoms with Crippen molar-refractivity contribution in [1.82, 2.24) is 0 Å². The molecule has 0 radical (unpaired) electrons. The molecule has 0 aromatic heterocycles. The summed E-state index contributed by atoms with van der Waals surface area (Å²) in [5.74, 6) is -1.13. The van der Waals surface area contributed by atoms with Gasteiger partial charge in [-0.15, -0.1) is 0 Å². The van der Waals surface area contributed by atoms with Crippen LogP contribution in [-0.4, -0.2) is 155 Å². The number of methoxy groups -OCH3 is 2. The van der Waals surface area contributed by atoms with E-state index in [-0.39, 0.29) is 0 Å². The van der Waals surface area contributed by atoms with Gasteiger partial charge in [-0.3, -0.25) is 0 Å². The fraction of sp³-hybridized carbons (Fsp3) is 0.656. The van der Waals surface area contributed by atoms with Crippen molar-refractivity contribution < 1.29 is 83.2 Å². The number of hydrogen-bond donors (Lipinski definition) is 7. The van der Waals surface area contributed by atoms with E-state index in [1.807, 2.05) is 0 Å². The predicted molar refractivity (Wildman–Crippen MR) is 160 cm³/mol. The lowest BCUT2D eigenvalue weighted by molar-refractivity contribution is -0.347. The van der Waals surface area contributed by atoms with Crippen LogP contribution in [0.5, 0.6) is 11.5 Å². The molecule has 0 spiro atoms. The molecule has 49 heavy (non-hydrogen) atoms. The quantitative estimate of drug-likeness (QED) is 0.0720. The minimum absolute atomic E-state index is 0.464. The Balaban J connectivity index is 1.10. The zero-order valence-corrected chi connectivity index (χ0v) is 26.8. The second-order valence-corrected chi connectivity index (χ2v) is 12.6. The number of benzene rings is 1. The monoisotopic (exact) mass is 698 g/mol. The normalized spacial score (nSPS) is 44.2. The summed E-state index contributed by atoms with van der Waals surface area (Å²) in [7, 11) is 2.99. The lowest BCUT2D eigenvalue weighted by atomic mass is 9.85. The third-order valence-corrected chi connectivity index (χ3v) is 9.74. The molecule has 4 fully saturated rings. The summed E-state index contributed by atoms with van der Waals surface area (Å²) in [4.78, 5) is 12.7. The maximum absolute atomic E-state index is 12.7. The van der Waals surface area contributed by atoms with Crippen LogP contribution in [0.1, 0.15) is 12.5 Å². The Hall–Kier alpha value is -2.91. The first kappa shape index (κ1) is 35.9. The molecule has 4 heterocycles. The van der Waals surface area contributed by atoms with Crippen molar-refractivity contribution in [3.63, 3.8) is 0 Å². The minimum atomic E-state index is -1.70. The lowest BCUT2D eigenvalue weighted by Crippen LogP contribution is -2.60. The van der Waals surface area contributed by atoms with Crippen molar-refractivity contribution in [2.75, 3.05) is 27.4 Å². The standard InChI is InChI=1S/C32H42O17/c1-13-26(46-19(35)7-5-14-4-6-16(41-2)17(10-14)42-3)23(38)25(40)30(44-13)47-27-15-8-9-43-29(20(15)32(12-34)28(27)49-32)48-31-24(39)22(37)21(36)18(11-33)45-31/h4-10,13,15,18,20-31,33-34,36-40H,11-12H2,1-3H3/t13-,15+,18+,20+,21+,22-,23-,24+,25+,26-,27-,28-,29-,30-,31-,32+/m0/s1. The van der Waals surface area contributed by atoms with E-state index in [2.05, 4.69) is 0 Å². The molecule has 4 aliphatic heterocycles. The number of epoxide rings is 1. The van der Waals surface area contributed by atoms with Gasteiger partial charge in [0.15, 0.2) is 30.2 Å². The summed E-state index contributed by atoms with van der Waals surface area (Å²) in [5, 5.41) is 72.8. The zero-order valence-electron chi connectivity index (χ0n) is 26.8. The van der Waals surface area contributed by atoms with Crippen molar-refractivity contribution in [3.8, 4) is 11.5 Å². The van der Waals surface area contributed by atoms with Gasteiger partial charge in [0.2, 0.25) is 6.29 Å². The highest BCUT2D eigenvalue weighted by atomic mass is 16.8. The lowest BCUT2D eigenvalue weighted by Gasteiger charge is -2.44. The molecule has 1 saturated carbocycles. The fourth-order valence-corrected chi connectivity index (χ4v) is 7.04. The first-order valence-electron chi connectivity index (χ1n) is 15.8. The average Bonchev–Trinajstić information content (AvgIpc) is 3.78. The number of aliphatic hydroxyl groups is 7. The number of fused-ring (bicyclic) bond motifs is 3. The third kappa shape index (κ3) is 6.55. The van der Waals surface area contributed by atoms with Crippen LogP contribution in [-0.2, 0) is 38.0 Å². The molecule has 5 aliphatic rings. The van der Waals surface area contributed by atoms with Gasteiger partial charge in [0.1, 0.15) is 48.3 Å². The smallest absolute Gasteiger partial charge is 0.331 e. The third-order valence-electron chi connectivity index (χ3n) is 9.74. The van der Waals surface area contributed by atoms with Crippen molar-refractivity contribution in [2.24, 2.45) is 11.8 Å². The van der Waals surface area contributed by atoms with Gasteiger partial charge in [-0.05, 0) is 36.8 Å². The van der Waals surface area contributed by atoms with Crippen LogP contribution in [0, 0.1) is 11.8 Å². The molecule has 272 valence electrons. The topological polar surface area (TPSA) is 245 Å². The number of carbonyl (C=O) groups excluding carboxylic acids is 1. The summed E-state index contributed by atoms with van der Waals surface area (Å²) < 4.78 is 50.9. The van der Waals surface area contributed by atoms with Gasteiger partial charge in [0.05, 0.1) is 51.8 Å². The highest BCUT2D eigenvalue weighted by molar-refractivity contribution is 5.87. The minimum Gasteiger partial charge on any atom is -0.493 e. The van der Waals surface area contributed by atoms with Gasteiger partial charge in [0, 0.05) is 12.0 Å². The van der Waals surface area contributed by atoms with E-state index in [0.717, 1.165) is 6.08 Å². The molecule has 0 bridgehead atoms. The van der Waals surface area contributed by atoms with Crippen molar-refractivity contribution in [1.29, 1.82) is 0 Å². The summed E-state index contributed by atoms with van der Waals surface area (Å²) in [5.41, 5.74) is -0.600. The maximum atomic E-state index is 12.7. The zero-order chi connectivity index (χ0) is 35.2. The molecule has 7 N–H and O–H groups in total. The average molecular weight is 699 g/mol. The van der Waals surface area contributed by atoms with Crippen molar-refractivity contribution in [3.05, 3.63) is 42.2 Å². The fourth-order valence-electron chi connectivity index (χ4n) is 7.04. The number of aliphatic hydroxyl groups excluding tert-OH is 7. The SMILES string of the molecule is COc1ccc(C=CC(=O)O[C@@H]2[C@@H](O)[C@@H](O)[C@H](O[C@H]3[C@@H]4C=CO[C@@H](O[C@@H]5O[C@H](CO)[C@@H](O)[C@H](O)[C@H]5O)[C@@H]4[C@@]4(CO)O[C@@H]34)O[C@H]2C)cc1OC. The van der Waals surface area contributed by atoms with E-state index in [9.17, 15) is 40.5 Å². The molecule has 1 aromatic rings. The maximum Gasteiger partial charge on any atom is 0.331 e. The summed E-state index contributed by atoms with van der Waals surface area (Å²) in [6, 6.07) is 5.04. The van der Waals surface area contributed by atoms with E-state index in [1.165, 1.54) is 26.6 Å². The number of carbonyl (C=O) groups is 1. The first-order valence-corrected chi connectivity index (χ1v) is 15.8. The van der Waals surface area contributed by atoms with Gasteiger partial charge < -0.3 is 78.4 Å². The Labute approximate surface area is 280 Å². The molecule has 1 aromatic carbocycles. The van der Waals surface area contributed by atoms with Crippen molar-refractivity contribution in [2.45, 2.75) is 92.4 Å². The van der Waals surface area contributed by atoms with Crippen LogP contribution in [0.25, 0.3) is 6.08 Å². The highest BCUT2D eigenvalue weighted by Crippen LogP contribution is 2.61. The van der Waals surface area contributed by atoms with E-state index >= 15 is 0 Å². The molecular formula is C32H42O17. The molecule has 6 rings (SSSR count). The molecule has 1 aliphatic carbocycles. The predicted octanol–water partition coefficient (Wildman–Crippen LogP) is -2.46. The molecule has 0 unspecified atom stereocenters. The largest absolute Gasteiger partial charge is 0.493 e. The summed E-state index contributed by atoms with van der Waals surface area (Å²) in [6.07, 6.45) is -11.7.